The molecule has 0 aliphatic rings. The van der Waals surface area contributed by atoms with E-state index in [0.717, 1.165) is 11.1 Å². The van der Waals surface area contributed by atoms with Crippen LogP contribution in [0.1, 0.15) is 22.5 Å². The Hall–Kier alpha value is -2.15. The van der Waals surface area contributed by atoms with Gasteiger partial charge in [-0.2, -0.15) is 0 Å². The molecule has 1 heterocycles. The first-order valence-electron chi connectivity index (χ1n) is 6.41. The van der Waals surface area contributed by atoms with Crippen LogP contribution in [0.25, 0.3) is 0 Å². The lowest BCUT2D eigenvalue weighted by atomic mass is 10.1. The molecule has 0 aliphatic carbocycles. The fourth-order valence-electron chi connectivity index (χ4n) is 1.96. The Morgan fingerprint density at radius 3 is 2.10 bits per heavy atom. The van der Waals surface area contributed by atoms with Crippen molar-refractivity contribution in [1.82, 2.24) is 9.97 Å². The van der Waals surface area contributed by atoms with E-state index < -0.39 is 10.0 Å². The van der Waals surface area contributed by atoms with Crippen molar-refractivity contribution in [3.05, 3.63) is 40.7 Å². The molecule has 6 nitrogen and oxygen atoms in total. The Balaban J connectivity index is 2.43. The summed E-state index contributed by atoms with van der Waals surface area (Å²) in [5.74, 6) is 0.0595. The van der Waals surface area contributed by atoms with Crippen LogP contribution < -0.4 is 10.5 Å². The van der Waals surface area contributed by atoms with Crippen LogP contribution in [0.5, 0.6) is 0 Å². The third-order valence-corrected chi connectivity index (χ3v) is 4.51. The number of nitrogens with one attached hydrogen (secondary N) is 1. The summed E-state index contributed by atoms with van der Waals surface area (Å²) in [7, 11) is -3.76. The lowest BCUT2D eigenvalue weighted by Crippen LogP contribution is -2.16. The largest absolute Gasteiger partial charge is 0.398 e. The quantitative estimate of drug-likeness (QED) is 0.846. The van der Waals surface area contributed by atoms with E-state index in [-0.39, 0.29) is 10.8 Å². The van der Waals surface area contributed by atoms with E-state index in [4.69, 9.17) is 5.73 Å². The molecule has 0 amide bonds. The lowest BCUT2D eigenvalue weighted by molar-refractivity contribution is 0.600. The molecule has 3 N–H and O–H groups in total. The predicted octanol–water partition coefficient (Wildman–Crippen LogP) is 2.09. The Morgan fingerprint density at radius 2 is 1.57 bits per heavy atom. The number of hydrogen-bond acceptors (Lipinski definition) is 5. The summed E-state index contributed by atoms with van der Waals surface area (Å²) in [4.78, 5) is 8.25. The van der Waals surface area contributed by atoms with Crippen LogP contribution in [0.15, 0.2) is 23.1 Å². The Kier molecular flexibility index (Phi) is 3.87. The van der Waals surface area contributed by atoms with Gasteiger partial charge < -0.3 is 5.73 Å². The number of anilines is 2. The van der Waals surface area contributed by atoms with E-state index in [1.54, 1.807) is 26.0 Å². The van der Waals surface area contributed by atoms with Crippen molar-refractivity contribution < 1.29 is 8.42 Å². The second kappa shape index (κ2) is 5.33. The molecule has 0 unspecified atom stereocenters. The van der Waals surface area contributed by atoms with Crippen molar-refractivity contribution in [2.75, 3.05) is 10.5 Å². The number of nitrogens with two attached hydrogens (primary N) is 1. The van der Waals surface area contributed by atoms with Crippen LogP contribution in [-0.2, 0) is 10.0 Å². The fraction of sp³-hybridized carbons (Fsp3) is 0.286. The number of aromatic nitrogens is 2. The van der Waals surface area contributed by atoms with Gasteiger partial charge in [0.2, 0.25) is 5.95 Å². The zero-order chi connectivity index (χ0) is 15.8. The highest BCUT2D eigenvalue weighted by Crippen LogP contribution is 2.22. The minimum atomic E-state index is -3.76. The topological polar surface area (TPSA) is 98.0 Å². The first-order chi connectivity index (χ1) is 9.69. The average Bonchev–Trinajstić information content (AvgIpc) is 2.33. The molecular formula is C14H18N4O2S. The number of nitrogen functional groups attached to an aromatic ring is 1. The monoisotopic (exact) mass is 306 g/mol. The van der Waals surface area contributed by atoms with Crippen LogP contribution in [0.4, 0.5) is 11.6 Å². The molecule has 1 aromatic carbocycles. The van der Waals surface area contributed by atoms with E-state index >= 15 is 0 Å². The van der Waals surface area contributed by atoms with E-state index in [2.05, 4.69) is 14.7 Å². The van der Waals surface area contributed by atoms with Gasteiger partial charge in [0.15, 0.2) is 0 Å². The number of rotatable bonds is 3. The van der Waals surface area contributed by atoms with Crippen molar-refractivity contribution in [3.63, 3.8) is 0 Å². The maximum Gasteiger partial charge on any atom is 0.264 e. The molecule has 0 radical (unpaired) electrons. The van der Waals surface area contributed by atoms with Crippen molar-refractivity contribution in [1.29, 1.82) is 0 Å². The molecule has 1 aromatic heterocycles. The summed E-state index contributed by atoms with van der Waals surface area (Å²) in [6, 6.07) is 4.79. The van der Waals surface area contributed by atoms with Crippen LogP contribution in [0.3, 0.4) is 0 Å². The Morgan fingerprint density at radius 1 is 1.00 bits per heavy atom. The zero-order valence-corrected chi connectivity index (χ0v) is 13.2. The molecule has 0 fully saturated rings. The molecule has 0 saturated carbocycles. The van der Waals surface area contributed by atoms with Gasteiger partial charge in [0.1, 0.15) is 0 Å². The number of benzene rings is 1. The molecule has 7 heteroatoms. The molecule has 0 saturated heterocycles. The van der Waals surface area contributed by atoms with Gasteiger partial charge in [0, 0.05) is 17.1 Å². The van der Waals surface area contributed by atoms with E-state index in [0.29, 0.717) is 17.1 Å². The average molecular weight is 306 g/mol. The van der Waals surface area contributed by atoms with Gasteiger partial charge in [-0.25, -0.2) is 23.1 Å². The number of nitrogens with zero attached hydrogens (tertiary/aromatic N) is 2. The molecule has 112 valence electrons. The second-order valence-electron chi connectivity index (χ2n) is 5.03. The van der Waals surface area contributed by atoms with Crippen molar-refractivity contribution in [3.8, 4) is 0 Å². The first-order valence-corrected chi connectivity index (χ1v) is 7.89. The fourth-order valence-corrected chi connectivity index (χ4v) is 3.02. The zero-order valence-electron chi connectivity index (χ0n) is 12.4. The highest BCUT2D eigenvalue weighted by Gasteiger charge is 2.18. The second-order valence-corrected chi connectivity index (χ2v) is 6.72. The van der Waals surface area contributed by atoms with E-state index in [1.807, 2.05) is 13.8 Å². The maximum absolute atomic E-state index is 12.4. The molecule has 2 rings (SSSR count). The predicted molar refractivity (Wildman–Crippen MR) is 82.6 cm³/mol. The highest BCUT2D eigenvalue weighted by atomic mass is 32.2. The molecular weight excluding hydrogens is 288 g/mol. The summed E-state index contributed by atoms with van der Waals surface area (Å²) in [5.41, 5.74) is 9.35. The first kappa shape index (κ1) is 15.2. The minimum Gasteiger partial charge on any atom is -0.398 e. The minimum absolute atomic E-state index is 0.0595. The Bertz CT molecular complexity index is 757. The maximum atomic E-state index is 12.4. The number of sulfonamides is 1. The van der Waals surface area contributed by atoms with Gasteiger partial charge in [-0.05, 0) is 57.0 Å². The normalized spacial score (nSPS) is 11.4. The third-order valence-electron chi connectivity index (χ3n) is 3.20. The van der Waals surface area contributed by atoms with Gasteiger partial charge in [-0.3, -0.25) is 0 Å². The molecule has 0 bridgehead atoms. The number of hydrogen-bond donors (Lipinski definition) is 2. The summed E-state index contributed by atoms with van der Waals surface area (Å²) in [6.45, 7) is 7.22. The standard InChI is InChI=1S/C14H18N4O2S/c1-8-5-12(7-13(15)11(8)4)21(19,20)18-14-16-9(2)6-10(3)17-14/h5-7H,15H2,1-4H3,(H,16,17,18). The summed E-state index contributed by atoms with van der Waals surface area (Å²) in [5, 5.41) is 0. The van der Waals surface area contributed by atoms with Gasteiger partial charge in [-0.1, -0.05) is 0 Å². The van der Waals surface area contributed by atoms with Crippen molar-refractivity contribution in [2.45, 2.75) is 32.6 Å². The number of aryl methyl sites for hydroxylation is 3. The van der Waals surface area contributed by atoms with E-state index in [1.165, 1.54) is 6.07 Å². The molecule has 21 heavy (non-hydrogen) atoms. The molecule has 0 atom stereocenters. The molecule has 2 aromatic rings. The van der Waals surface area contributed by atoms with Crippen molar-refractivity contribution >= 4 is 21.7 Å². The third kappa shape index (κ3) is 3.30. The highest BCUT2D eigenvalue weighted by molar-refractivity contribution is 7.92. The Labute approximate surface area is 124 Å². The van der Waals surface area contributed by atoms with E-state index in [9.17, 15) is 8.42 Å². The van der Waals surface area contributed by atoms with Gasteiger partial charge in [0.25, 0.3) is 10.0 Å². The van der Waals surface area contributed by atoms with Gasteiger partial charge >= 0.3 is 0 Å². The van der Waals surface area contributed by atoms with Crippen LogP contribution in [0, 0.1) is 27.7 Å². The summed E-state index contributed by atoms with van der Waals surface area (Å²) in [6.07, 6.45) is 0. The lowest BCUT2D eigenvalue weighted by Gasteiger charge is -2.11. The van der Waals surface area contributed by atoms with Gasteiger partial charge in [-0.15, -0.1) is 0 Å². The van der Waals surface area contributed by atoms with Crippen LogP contribution in [-0.4, -0.2) is 18.4 Å². The van der Waals surface area contributed by atoms with Crippen LogP contribution >= 0.6 is 0 Å². The molecule has 0 aliphatic heterocycles. The van der Waals surface area contributed by atoms with Gasteiger partial charge in [0.05, 0.1) is 4.90 Å². The van der Waals surface area contributed by atoms with Crippen LogP contribution in [0.2, 0.25) is 0 Å². The summed E-state index contributed by atoms with van der Waals surface area (Å²) < 4.78 is 27.2. The smallest absolute Gasteiger partial charge is 0.264 e. The van der Waals surface area contributed by atoms with Crippen molar-refractivity contribution in [2.24, 2.45) is 0 Å². The summed E-state index contributed by atoms with van der Waals surface area (Å²) >= 11 is 0. The SMILES string of the molecule is Cc1cc(C)nc(NS(=O)(=O)c2cc(C)c(C)c(N)c2)n1. The molecule has 0 spiro atoms.